The van der Waals surface area contributed by atoms with Crippen molar-refractivity contribution in [2.75, 3.05) is 19.6 Å². The number of rotatable bonds is 4. The lowest BCUT2D eigenvalue weighted by molar-refractivity contribution is 0.180. The minimum absolute atomic E-state index is 0.522. The van der Waals surface area contributed by atoms with Crippen LogP contribution in [0, 0.1) is 5.92 Å². The van der Waals surface area contributed by atoms with Gasteiger partial charge in [-0.1, -0.05) is 13.0 Å². The zero-order valence-electron chi connectivity index (χ0n) is 12.1. The van der Waals surface area contributed by atoms with E-state index in [4.69, 9.17) is 5.73 Å². The number of hydrogen-bond donors (Lipinski definition) is 1. The molecule has 2 aromatic heterocycles. The van der Waals surface area contributed by atoms with Crippen LogP contribution in [-0.4, -0.2) is 39.1 Å². The molecule has 3 rings (SSSR count). The molecule has 0 saturated carbocycles. The van der Waals surface area contributed by atoms with Crippen molar-refractivity contribution in [3.8, 4) is 0 Å². The summed E-state index contributed by atoms with van der Waals surface area (Å²) in [4.78, 5) is 2.53. The molecule has 0 amide bonds. The Kier molecular flexibility index (Phi) is 3.98. The molecule has 1 atom stereocenters. The molecule has 0 aliphatic carbocycles. The minimum Gasteiger partial charge on any atom is -0.325 e. The van der Waals surface area contributed by atoms with Crippen molar-refractivity contribution >= 4 is 5.65 Å². The van der Waals surface area contributed by atoms with Gasteiger partial charge in [0.1, 0.15) is 5.82 Å². The van der Waals surface area contributed by atoms with Gasteiger partial charge in [-0.2, -0.15) is 0 Å². The van der Waals surface area contributed by atoms with Crippen LogP contribution >= 0.6 is 0 Å². The van der Waals surface area contributed by atoms with Crippen molar-refractivity contribution in [3.63, 3.8) is 0 Å². The third kappa shape index (κ3) is 2.55. The molecule has 5 heteroatoms. The molecule has 0 bridgehead atoms. The van der Waals surface area contributed by atoms with Crippen LogP contribution in [0.4, 0.5) is 0 Å². The van der Waals surface area contributed by atoms with Gasteiger partial charge in [0.15, 0.2) is 5.65 Å². The fourth-order valence-electron chi connectivity index (χ4n) is 3.23. The summed E-state index contributed by atoms with van der Waals surface area (Å²) < 4.78 is 2.13. The standard InChI is InChI=1S/C15H23N5/c1-2-19-8-4-5-12(11-19)9-15-18-17-14-7-3-6-13(10-16)20(14)15/h3,6-7,12H,2,4-5,8-11,16H2,1H3. The summed E-state index contributed by atoms with van der Waals surface area (Å²) in [6.07, 6.45) is 3.57. The van der Waals surface area contributed by atoms with E-state index in [1.54, 1.807) is 0 Å². The maximum atomic E-state index is 5.84. The van der Waals surface area contributed by atoms with E-state index in [2.05, 4.69) is 32.5 Å². The number of piperidine rings is 1. The van der Waals surface area contributed by atoms with Gasteiger partial charge in [-0.25, -0.2) is 0 Å². The average molecular weight is 273 g/mol. The van der Waals surface area contributed by atoms with Gasteiger partial charge >= 0.3 is 0 Å². The second kappa shape index (κ2) is 5.89. The summed E-state index contributed by atoms with van der Waals surface area (Å²) in [5.74, 6) is 1.74. The Labute approximate surface area is 119 Å². The van der Waals surface area contributed by atoms with E-state index in [1.165, 1.54) is 25.9 Å². The third-order valence-corrected chi connectivity index (χ3v) is 4.31. The van der Waals surface area contributed by atoms with Crippen LogP contribution in [0.15, 0.2) is 18.2 Å². The predicted molar refractivity (Wildman–Crippen MR) is 79.4 cm³/mol. The molecule has 3 heterocycles. The first-order chi connectivity index (χ1) is 9.81. The highest BCUT2D eigenvalue weighted by Crippen LogP contribution is 2.21. The minimum atomic E-state index is 0.522. The van der Waals surface area contributed by atoms with Gasteiger partial charge in [0, 0.05) is 25.2 Å². The van der Waals surface area contributed by atoms with E-state index in [-0.39, 0.29) is 0 Å². The topological polar surface area (TPSA) is 59.5 Å². The van der Waals surface area contributed by atoms with E-state index in [0.29, 0.717) is 12.5 Å². The molecule has 5 nitrogen and oxygen atoms in total. The number of nitrogens with zero attached hydrogens (tertiary/aromatic N) is 4. The van der Waals surface area contributed by atoms with Gasteiger partial charge < -0.3 is 10.6 Å². The highest BCUT2D eigenvalue weighted by atomic mass is 15.3. The Morgan fingerprint density at radius 1 is 1.35 bits per heavy atom. The molecular formula is C15H23N5. The van der Waals surface area contributed by atoms with E-state index in [1.807, 2.05) is 12.1 Å². The summed E-state index contributed by atoms with van der Waals surface area (Å²) in [6, 6.07) is 6.05. The average Bonchev–Trinajstić information content (AvgIpc) is 2.90. The molecule has 2 aromatic rings. The lowest BCUT2D eigenvalue weighted by Crippen LogP contribution is -2.36. The number of aromatic nitrogens is 3. The van der Waals surface area contributed by atoms with Crippen molar-refractivity contribution in [2.24, 2.45) is 11.7 Å². The fourth-order valence-corrected chi connectivity index (χ4v) is 3.23. The smallest absolute Gasteiger partial charge is 0.161 e. The zero-order valence-corrected chi connectivity index (χ0v) is 12.1. The molecule has 0 radical (unpaired) electrons. The second-order valence-electron chi connectivity index (χ2n) is 5.64. The molecule has 0 spiro atoms. The summed E-state index contributed by atoms with van der Waals surface area (Å²) in [7, 11) is 0. The third-order valence-electron chi connectivity index (χ3n) is 4.31. The molecule has 20 heavy (non-hydrogen) atoms. The van der Waals surface area contributed by atoms with Crippen LogP contribution in [0.2, 0.25) is 0 Å². The Bertz CT molecular complexity index is 577. The van der Waals surface area contributed by atoms with E-state index < -0.39 is 0 Å². The normalized spacial score (nSPS) is 20.6. The van der Waals surface area contributed by atoms with Crippen molar-refractivity contribution in [1.82, 2.24) is 19.5 Å². The highest BCUT2D eigenvalue weighted by Gasteiger charge is 2.21. The molecule has 1 fully saturated rings. The van der Waals surface area contributed by atoms with E-state index >= 15 is 0 Å². The summed E-state index contributed by atoms with van der Waals surface area (Å²) >= 11 is 0. The lowest BCUT2D eigenvalue weighted by atomic mass is 9.94. The first-order valence-electron chi connectivity index (χ1n) is 7.56. The SMILES string of the molecule is CCN1CCCC(Cc2nnc3cccc(CN)n23)C1. The van der Waals surface area contributed by atoms with Gasteiger partial charge in [0.2, 0.25) is 0 Å². The molecule has 1 aliphatic heterocycles. The number of likely N-dealkylation sites (tertiary alicyclic amines) is 1. The summed E-state index contributed by atoms with van der Waals surface area (Å²) in [5, 5.41) is 8.66. The van der Waals surface area contributed by atoms with Gasteiger partial charge in [0.05, 0.1) is 0 Å². The van der Waals surface area contributed by atoms with Crippen LogP contribution in [-0.2, 0) is 13.0 Å². The Balaban J connectivity index is 1.84. The van der Waals surface area contributed by atoms with Crippen LogP contribution in [0.25, 0.3) is 5.65 Å². The van der Waals surface area contributed by atoms with Crippen LogP contribution in [0.1, 0.15) is 31.3 Å². The Morgan fingerprint density at radius 2 is 2.25 bits per heavy atom. The van der Waals surface area contributed by atoms with Crippen molar-refractivity contribution in [2.45, 2.75) is 32.7 Å². The molecule has 1 unspecified atom stereocenters. The van der Waals surface area contributed by atoms with Gasteiger partial charge in [0.25, 0.3) is 0 Å². The first kappa shape index (κ1) is 13.5. The molecule has 0 aromatic carbocycles. The van der Waals surface area contributed by atoms with Gasteiger partial charge in [-0.05, 0) is 44.0 Å². The Hall–Kier alpha value is -1.46. The maximum Gasteiger partial charge on any atom is 0.161 e. The van der Waals surface area contributed by atoms with Gasteiger partial charge in [-0.3, -0.25) is 4.40 Å². The van der Waals surface area contributed by atoms with Crippen LogP contribution in [0.5, 0.6) is 0 Å². The summed E-state index contributed by atoms with van der Waals surface area (Å²) in [6.45, 7) is 6.32. The van der Waals surface area contributed by atoms with Crippen molar-refractivity contribution < 1.29 is 0 Å². The first-order valence-corrected chi connectivity index (χ1v) is 7.56. The molecule has 2 N–H and O–H groups in total. The van der Waals surface area contributed by atoms with Crippen LogP contribution in [0.3, 0.4) is 0 Å². The number of nitrogens with two attached hydrogens (primary N) is 1. The van der Waals surface area contributed by atoms with E-state index in [0.717, 1.165) is 30.1 Å². The van der Waals surface area contributed by atoms with E-state index in [9.17, 15) is 0 Å². The fraction of sp³-hybridized carbons (Fsp3) is 0.600. The zero-order chi connectivity index (χ0) is 13.9. The lowest BCUT2D eigenvalue weighted by Gasteiger charge is -2.31. The monoisotopic (exact) mass is 273 g/mol. The van der Waals surface area contributed by atoms with Crippen molar-refractivity contribution in [3.05, 3.63) is 29.7 Å². The number of pyridine rings is 1. The quantitative estimate of drug-likeness (QED) is 0.916. The molecular weight excluding hydrogens is 250 g/mol. The van der Waals surface area contributed by atoms with Gasteiger partial charge in [-0.15, -0.1) is 10.2 Å². The predicted octanol–water partition coefficient (Wildman–Crippen LogP) is 1.46. The molecule has 1 saturated heterocycles. The molecule has 108 valence electrons. The number of fused-ring (bicyclic) bond motifs is 1. The van der Waals surface area contributed by atoms with Crippen LogP contribution < -0.4 is 5.73 Å². The highest BCUT2D eigenvalue weighted by molar-refractivity contribution is 5.40. The second-order valence-corrected chi connectivity index (χ2v) is 5.64. The molecule has 1 aliphatic rings. The Morgan fingerprint density at radius 3 is 3.05 bits per heavy atom. The van der Waals surface area contributed by atoms with Crippen molar-refractivity contribution in [1.29, 1.82) is 0 Å². The summed E-state index contributed by atoms with van der Waals surface area (Å²) in [5.41, 5.74) is 7.83. The largest absolute Gasteiger partial charge is 0.325 e. The number of hydrogen-bond acceptors (Lipinski definition) is 4. The maximum absolute atomic E-state index is 5.84.